The highest BCUT2D eigenvalue weighted by Crippen LogP contribution is 1.81. The van der Waals surface area contributed by atoms with Gasteiger partial charge in [0, 0.05) is 6.54 Å². The molecule has 0 radical (unpaired) electrons. The Hall–Kier alpha value is -0.0500. The zero-order valence-corrected chi connectivity index (χ0v) is 9.36. The first-order chi connectivity index (χ1) is 5.26. The van der Waals surface area contributed by atoms with E-state index < -0.39 is 0 Å². The van der Waals surface area contributed by atoms with Crippen LogP contribution in [0.1, 0.15) is 20.8 Å². The summed E-state index contributed by atoms with van der Waals surface area (Å²) >= 11 is 0. The molecular weight excluding hydrogens is 172 g/mol. The Kier molecular flexibility index (Phi) is 25.6. The average Bonchev–Trinajstić information content (AvgIpc) is 2.08. The SMILES string of the molecule is C=CCN.CCN(CC)CC.Cl. The highest BCUT2D eigenvalue weighted by Gasteiger charge is 1.89. The van der Waals surface area contributed by atoms with E-state index in [1.165, 1.54) is 19.6 Å². The lowest BCUT2D eigenvalue weighted by Gasteiger charge is -2.13. The van der Waals surface area contributed by atoms with Gasteiger partial charge in [-0.2, -0.15) is 0 Å². The molecule has 0 bridgehead atoms. The molecule has 0 spiro atoms. The van der Waals surface area contributed by atoms with E-state index in [2.05, 4.69) is 32.3 Å². The van der Waals surface area contributed by atoms with E-state index in [4.69, 9.17) is 5.73 Å². The maximum atomic E-state index is 4.91. The standard InChI is InChI=1S/C6H15N.C3H7N.ClH/c1-4-7(5-2)6-3;1-2-3-4;/h4-6H2,1-3H3;2H,1,3-4H2;1H. The minimum atomic E-state index is 0. The molecule has 0 saturated heterocycles. The van der Waals surface area contributed by atoms with E-state index in [9.17, 15) is 0 Å². The molecule has 0 unspecified atom stereocenters. The summed E-state index contributed by atoms with van der Waals surface area (Å²) in [6.07, 6.45) is 1.65. The van der Waals surface area contributed by atoms with Crippen molar-refractivity contribution in [1.82, 2.24) is 4.90 Å². The quantitative estimate of drug-likeness (QED) is 0.693. The maximum Gasteiger partial charge on any atom is 0.0104 e. The molecule has 0 fully saturated rings. The third-order valence-electron chi connectivity index (χ3n) is 1.51. The third kappa shape index (κ3) is 16.5. The van der Waals surface area contributed by atoms with Gasteiger partial charge in [0.15, 0.2) is 0 Å². The van der Waals surface area contributed by atoms with Crippen LogP contribution in [0, 0.1) is 0 Å². The lowest BCUT2D eigenvalue weighted by Crippen LogP contribution is -2.21. The van der Waals surface area contributed by atoms with Gasteiger partial charge in [0.1, 0.15) is 0 Å². The second-order valence-electron chi connectivity index (χ2n) is 2.14. The highest BCUT2D eigenvalue weighted by atomic mass is 35.5. The molecular formula is C9H23ClN2. The fourth-order valence-corrected chi connectivity index (χ4v) is 0.671. The number of nitrogens with two attached hydrogens (primary N) is 1. The van der Waals surface area contributed by atoms with Crippen molar-refractivity contribution in [2.45, 2.75) is 20.8 Å². The first-order valence-corrected chi connectivity index (χ1v) is 4.29. The van der Waals surface area contributed by atoms with Crippen molar-refractivity contribution in [3.8, 4) is 0 Å². The number of rotatable bonds is 4. The zero-order valence-electron chi connectivity index (χ0n) is 8.55. The van der Waals surface area contributed by atoms with Gasteiger partial charge in [-0.05, 0) is 19.6 Å². The molecule has 0 aliphatic heterocycles. The first kappa shape index (κ1) is 17.9. The largest absolute Gasteiger partial charge is 0.327 e. The van der Waals surface area contributed by atoms with Gasteiger partial charge in [-0.15, -0.1) is 19.0 Å². The minimum absolute atomic E-state index is 0. The molecule has 3 heteroatoms. The molecule has 0 heterocycles. The van der Waals surface area contributed by atoms with Crippen molar-refractivity contribution in [2.24, 2.45) is 5.73 Å². The fraction of sp³-hybridized carbons (Fsp3) is 0.778. The molecule has 0 aliphatic rings. The van der Waals surface area contributed by atoms with Crippen molar-refractivity contribution in [3.63, 3.8) is 0 Å². The van der Waals surface area contributed by atoms with E-state index in [0.717, 1.165) is 0 Å². The van der Waals surface area contributed by atoms with E-state index in [-0.39, 0.29) is 12.4 Å². The van der Waals surface area contributed by atoms with Gasteiger partial charge in [-0.25, -0.2) is 0 Å². The van der Waals surface area contributed by atoms with Gasteiger partial charge >= 0.3 is 0 Å². The number of hydrogen-bond donors (Lipinski definition) is 1. The van der Waals surface area contributed by atoms with Crippen molar-refractivity contribution in [2.75, 3.05) is 26.2 Å². The Balaban J connectivity index is -0.000000142. The summed E-state index contributed by atoms with van der Waals surface area (Å²) in [4.78, 5) is 2.38. The van der Waals surface area contributed by atoms with E-state index >= 15 is 0 Å². The number of hydrogen-bond acceptors (Lipinski definition) is 2. The van der Waals surface area contributed by atoms with Gasteiger partial charge in [0.05, 0.1) is 0 Å². The van der Waals surface area contributed by atoms with Crippen molar-refractivity contribution in [3.05, 3.63) is 12.7 Å². The van der Waals surface area contributed by atoms with Crippen LogP contribution in [0.3, 0.4) is 0 Å². The van der Waals surface area contributed by atoms with Gasteiger partial charge in [0.25, 0.3) is 0 Å². The topological polar surface area (TPSA) is 29.3 Å². The highest BCUT2D eigenvalue weighted by molar-refractivity contribution is 5.85. The Labute approximate surface area is 83.2 Å². The molecule has 0 atom stereocenters. The van der Waals surface area contributed by atoms with Gasteiger partial charge < -0.3 is 10.6 Å². The van der Waals surface area contributed by atoms with Crippen molar-refractivity contribution >= 4 is 12.4 Å². The van der Waals surface area contributed by atoms with Crippen LogP contribution in [0.5, 0.6) is 0 Å². The zero-order chi connectivity index (χ0) is 9.11. The predicted octanol–water partition coefficient (Wildman–Crippen LogP) is 1.90. The Morgan fingerprint density at radius 3 is 1.42 bits per heavy atom. The monoisotopic (exact) mass is 194 g/mol. The summed E-state index contributed by atoms with van der Waals surface area (Å²) in [5, 5.41) is 0. The normalized spacial score (nSPS) is 8.08. The van der Waals surface area contributed by atoms with Crippen LogP contribution < -0.4 is 5.73 Å². The van der Waals surface area contributed by atoms with Crippen LogP contribution in [-0.2, 0) is 0 Å². The number of nitrogens with zero attached hydrogens (tertiary/aromatic N) is 1. The minimum Gasteiger partial charge on any atom is -0.327 e. The van der Waals surface area contributed by atoms with E-state index in [0.29, 0.717) is 6.54 Å². The third-order valence-corrected chi connectivity index (χ3v) is 1.51. The van der Waals surface area contributed by atoms with Crippen LogP contribution in [0.15, 0.2) is 12.7 Å². The molecule has 0 rings (SSSR count). The van der Waals surface area contributed by atoms with Gasteiger partial charge in [-0.3, -0.25) is 0 Å². The maximum absolute atomic E-state index is 4.91. The summed E-state index contributed by atoms with van der Waals surface area (Å²) < 4.78 is 0. The molecule has 0 aromatic rings. The lowest BCUT2D eigenvalue weighted by atomic mass is 10.5. The van der Waals surface area contributed by atoms with E-state index in [1.54, 1.807) is 6.08 Å². The van der Waals surface area contributed by atoms with Crippen LogP contribution >= 0.6 is 12.4 Å². The molecule has 12 heavy (non-hydrogen) atoms. The molecule has 2 N–H and O–H groups in total. The lowest BCUT2D eigenvalue weighted by molar-refractivity contribution is 0.321. The molecule has 0 saturated carbocycles. The molecule has 0 aromatic carbocycles. The van der Waals surface area contributed by atoms with E-state index in [1.807, 2.05) is 0 Å². The van der Waals surface area contributed by atoms with Crippen molar-refractivity contribution < 1.29 is 0 Å². The van der Waals surface area contributed by atoms with Gasteiger partial charge in [0.2, 0.25) is 0 Å². The predicted molar refractivity (Wildman–Crippen MR) is 60.0 cm³/mol. The van der Waals surface area contributed by atoms with Crippen LogP contribution in [0.4, 0.5) is 0 Å². The summed E-state index contributed by atoms with van der Waals surface area (Å²) in [7, 11) is 0. The van der Waals surface area contributed by atoms with Crippen LogP contribution in [-0.4, -0.2) is 31.1 Å². The Bertz CT molecular complexity index is 67.4. The summed E-state index contributed by atoms with van der Waals surface area (Å²) in [6, 6.07) is 0. The smallest absolute Gasteiger partial charge is 0.0104 e. The fourth-order valence-electron chi connectivity index (χ4n) is 0.671. The molecule has 0 aromatic heterocycles. The molecule has 0 aliphatic carbocycles. The second-order valence-corrected chi connectivity index (χ2v) is 2.14. The second kappa shape index (κ2) is 17.2. The van der Waals surface area contributed by atoms with Crippen molar-refractivity contribution in [1.29, 1.82) is 0 Å². The average molecular weight is 195 g/mol. The number of halogens is 1. The van der Waals surface area contributed by atoms with Crippen LogP contribution in [0.2, 0.25) is 0 Å². The van der Waals surface area contributed by atoms with Crippen LogP contribution in [0.25, 0.3) is 0 Å². The summed E-state index contributed by atoms with van der Waals surface area (Å²) in [6.45, 7) is 14.1. The first-order valence-electron chi connectivity index (χ1n) is 4.29. The summed E-state index contributed by atoms with van der Waals surface area (Å²) in [5.41, 5.74) is 4.91. The molecule has 0 amide bonds. The van der Waals surface area contributed by atoms with Gasteiger partial charge in [-0.1, -0.05) is 26.8 Å². The summed E-state index contributed by atoms with van der Waals surface area (Å²) in [5.74, 6) is 0. The molecule has 76 valence electrons. The Morgan fingerprint density at radius 2 is 1.42 bits per heavy atom. The molecule has 2 nitrogen and oxygen atoms in total. The Morgan fingerprint density at radius 1 is 1.17 bits per heavy atom.